The molecule has 1 aromatic carbocycles. The predicted octanol–water partition coefficient (Wildman–Crippen LogP) is 3.88. The number of piperidine rings is 1. The molecule has 0 atom stereocenters. The number of aromatic nitrogens is 1. The highest BCUT2D eigenvalue weighted by molar-refractivity contribution is 6.08. The van der Waals surface area contributed by atoms with Gasteiger partial charge in [-0.1, -0.05) is 37.3 Å². The summed E-state index contributed by atoms with van der Waals surface area (Å²) in [6.45, 7) is 8.55. The molecule has 2 aromatic rings. The smallest absolute Gasteiger partial charge is 0.209 e. The molecular weight excluding hydrogens is 298 g/mol. The molecule has 0 spiro atoms. The molecule has 0 radical (unpaired) electrons. The zero-order valence-corrected chi connectivity index (χ0v) is 14.6. The zero-order valence-electron chi connectivity index (χ0n) is 14.6. The van der Waals surface area contributed by atoms with Crippen LogP contribution in [0.2, 0.25) is 0 Å². The van der Waals surface area contributed by atoms with Crippen LogP contribution in [0.4, 0.5) is 5.82 Å². The first-order chi connectivity index (χ1) is 11.7. The van der Waals surface area contributed by atoms with Crippen molar-refractivity contribution in [2.24, 2.45) is 0 Å². The number of ketones is 1. The number of hydrogen-bond donors (Lipinski definition) is 2. The number of carbonyl (C=O) groups is 1. The molecule has 1 aliphatic rings. The minimum atomic E-state index is 0.0620. The Morgan fingerprint density at radius 2 is 1.92 bits per heavy atom. The van der Waals surface area contributed by atoms with E-state index in [1.54, 1.807) is 0 Å². The third-order valence-corrected chi connectivity index (χ3v) is 4.96. The molecule has 0 saturated carbocycles. The van der Waals surface area contributed by atoms with Crippen LogP contribution in [-0.2, 0) is 0 Å². The van der Waals surface area contributed by atoms with E-state index in [2.05, 4.69) is 35.1 Å². The van der Waals surface area contributed by atoms with E-state index in [1.807, 2.05) is 30.3 Å². The molecule has 24 heavy (non-hydrogen) atoms. The van der Waals surface area contributed by atoms with Gasteiger partial charge in [-0.2, -0.15) is 0 Å². The van der Waals surface area contributed by atoms with Gasteiger partial charge in [0.1, 0.15) is 5.82 Å². The summed E-state index contributed by atoms with van der Waals surface area (Å²) >= 11 is 0. The van der Waals surface area contributed by atoms with Crippen LogP contribution in [0.3, 0.4) is 0 Å². The molecule has 0 bridgehead atoms. The van der Waals surface area contributed by atoms with Crippen molar-refractivity contribution in [3.8, 4) is 0 Å². The van der Waals surface area contributed by atoms with Crippen LogP contribution in [0.25, 0.3) is 0 Å². The lowest BCUT2D eigenvalue weighted by atomic mass is 9.90. The molecule has 0 unspecified atom stereocenters. The van der Waals surface area contributed by atoms with Crippen molar-refractivity contribution < 1.29 is 4.79 Å². The summed E-state index contributed by atoms with van der Waals surface area (Å²) in [5.41, 5.74) is 2.69. The van der Waals surface area contributed by atoms with E-state index in [4.69, 9.17) is 0 Å². The zero-order chi connectivity index (χ0) is 16.9. The van der Waals surface area contributed by atoms with Gasteiger partial charge < -0.3 is 15.2 Å². The lowest BCUT2D eigenvalue weighted by Gasteiger charge is -2.31. The SMILES string of the molecule is CCNc1[nH]c(C(=O)c2ccccc2)cc1C1CCN(CC)CC1. The third-order valence-electron chi connectivity index (χ3n) is 4.96. The normalized spacial score (nSPS) is 16.2. The fourth-order valence-corrected chi connectivity index (χ4v) is 3.54. The van der Waals surface area contributed by atoms with E-state index in [1.165, 1.54) is 5.56 Å². The van der Waals surface area contributed by atoms with Crippen LogP contribution in [-0.4, -0.2) is 41.8 Å². The average Bonchev–Trinajstić information content (AvgIpc) is 3.06. The third kappa shape index (κ3) is 3.54. The van der Waals surface area contributed by atoms with E-state index >= 15 is 0 Å². The van der Waals surface area contributed by atoms with Gasteiger partial charge in [0.05, 0.1) is 5.69 Å². The summed E-state index contributed by atoms with van der Waals surface area (Å²) in [5.74, 6) is 1.61. The van der Waals surface area contributed by atoms with Gasteiger partial charge in [-0.05, 0) is 56.9 Å². The maximum absolute atomic E-state index is 12.7. The molecule has 4 heteroatoms. The molecule has 128 valence electrons. The molecule has 1 aliphatic heterocycles. The number of nitrogens with one attached hydrogen (secondary N) is 2. The maximum atomic E-state index is 12.7. The fraction of sp³-hybridized carbons (Fsp3) is 0.450. The highest BCUT2D eigenvalue weighted by Crippen LogP contribution is 2.34. The average molecular weight is 325 g/mol. The van der Waals surface area contributed by atoms with Crippen molar-refractivity contribution >= 4 is 11.6 Å². The molecule has 2 heterocycles. The summed E-state index contributed by atoms with van der Waals surface area (Å²) in [7, 11) is 0. The van der Waals surface area contributed by atoms with Gasteiger partial charge in [0, 0.05) is 12.1 Å². The Balaban J connectivity index is 1.84. The van der Waals surface area contributed by atoms with Gasteiger partial charge >= 0.3 is 0 Å². The molecule has 1 fully saturated rings. The van der Waals surface area contributed by atoms with Gasteiger partial charge in [0.25, 0.3) is 0 Å². The number of aromatic amines is 1. The Morgan fingerprint density at radius 3 is 2.54 bits per heavy atom. The number of benzene rings is 1. The van der Waals surface area contributed by atoms with Gasteiger partial charge in [-0.15, -0.1) is 0 Å². The molecular formula is C20H27N3O. The van der Waals surface area contributed by atoms with Crippen molar-refractivity contribution in [1.29, 1.82) is 0 Å². The number of likely N-dealkylation sites (tertiary alicyclic amines) is 1. The van der Waals surface area contributed by atoms with E-state index in [-0.39, 0.29) is 5.78 Å². The van der Waals surface area contributed by atoms with Gasteiger partial charge in [-0.25, -0.2) is 0 Å². The number of H-pyrrole nitrogens is 1. The van der Waals surface area contributed by atoms with Crippen molar-refractivity contribution in [2.75, 3.05) is 31.5 Å². The first-order valence-electron chi connectivity index (χ1n) is 9.01. The van der Waals surface area contributed by atoms with E-state index in [9.17, 15) is 4.79 Å². The number of hydrogen-bond acceptors (Lipinski definition) is 3. The minimum Gasteiger partial charge on any atom is -0.372 e. The second kappa shape index (κ2) is 7.67. The van der Waals surface area contributed by atoms with Gasteiger partial charge in [0.15, 0.2) is 0 Å². The highest BCUT2D eigenvalue weighted by Gasteiger charge is 2.25. The number of anilines is 1. The van der Waals surface area contributed by atoms with Crippen LogP contribution in [0.5, 0.6) is 0 Å². The van der Waals surface area contributed by atoms with Crippen LogP contribution in [0.1, 0.15) is 54.2 Å². The highest BCUT2D eigenvalue weighted by atomic mass is 16.1. The van der Waals surface area contributed by atoms with Gasteiger partial charge in [0.2, 0.25) is 5.78 Å². The maximum Gasteiger partial charge on any atom is 0.209 e. The largest absolute Gasteiger partial charge is 0.372 e. The Labute approximate surface area is 144 Å². The Bertz CT molecular complexity index is 669. The van der Waals surface area contributed by atoms with E-state index in [0.717, 1.165) is 50.4 Å². The Kier molecular flexibility index (Phi) is 5.36. The van der Waals surface area contributed by atoms with Crippen LogP contribution in [0.15, 0.2) is 36.4 Å². The number of nitrogens with zero attached hydrogens (tertiary/aromatic N) is 1. The molecule has 1 aromatic heterocycles. The molecule has 4 nitrogen and oxygen atoms in total. The summed E-state index contributed by atoms with van der Waals surface area (Å²) in [4.78, 5) is 18.6. The van der Waals surface area contributed by atoms with Crippen molar-refractivity contribution in [3.05, 3.63) is 53.2 Å². The second-order valence-electron chi connectivity index (χ2n) is 6.45. The summed E-state index contributed by atoms with van der Waals surface area (Å²) in [6.07, 6.45) is 2.31. The number of rotatable bonds is 6. The Morgan fingerprint density at radius 1 is 1.21 bits per heavy atom. The van der Waals surface area contributed by atoms with Gasteiger partial charge in [-0.3, -0.25) is 4.79 Å². The quantitative estimate of drug-likeness (QED) is 0.793. The molecule has 1 saturated heterocycles. The van der Waals surface area contributed by atoms with E-state index < -0.39 is 0 Å². The topological polar surface area (TPSA) is 48.1 Å². The summed E-state index contributed by atoms with van der Waals surface area (Å²) < 4.78 is 0. The summed E-state index contributed by atoms with van der Waals surface area (Å²) in [5, 5.41) is 3.40. The first-order valence-corrected chi connectivity index (χ1v) is 9.01. The van der Waals surface area contributed by atoms with E-state index in [0.29, 0.717) is 11.6 Å². The Hall–Kier alpha value is -2.07. The van der Waals surface area contributed by atoms with Crippen molar-refractivity contribution in [1.82, 2.24) is 9.88 Å². The second-order valence-corrected chi connectivity index (χ2v) is 6.45. The molecule has 3 rings (SSSR count). The van der Waals surface area contributed by atoms with Crippen LogP contribution < -0.4 is 5.32 Å². The van der Waals surface area contributed by atoms with Crippen molar-refractivity contribution in [2.45, 2.75) is 32.6 Å². The van der Waals surface area contributed by atoms with Crippen LogP contribution >= 0.6 is 0 Å². The lowest BCUT2D eigenvalue weighted by Crippen LogP contribution is -2.32. The minimum absolute atomic E-state index is 0.0620. The lowest BCUT2D eigenvalue weighted by molar-refractivity contribution is 0.103. The standard InChI is InChI=1S/C20H27N3O/c1-3-21-20-17(15-10-12-23(4-2)13-11-15)14-18(22-20)19(24)16-8-6-5-7-9-16/h5-9,14-15,21-22H,3-4,10-13H2,1-2H3. The number of carbonyl (C=O) groups excluding carboxylic acids is 1. The van der Waals surface area contributed by atoms with Crippen LogP contribution in [0, 0.1) is 0 Å². The molecule has 0 amide bonds. The predicted molar refractivity (Wildman–Crippen MR) is 98.9 cm³/mol. The van der Waals surface area contributed by atoms with Crippen molar-refractivity contribution in [3.63, 3.8) is 0 Å². The summed E-state index contributed by atoms with van der Waals surface area (Å²) in [6, 6.07) is 11.6. The molecule has 2 N–H and O–H groups in total. The molecule has 0 aliphatic carbocycles. The monoisotopic (exact) mass is 325 g/mol. The fourth-order valence-electron chi connectivity index (χ4n) is 3.54. The first kappa shape index (κ1) is 16.8.